The number of hydrogen-bond acceptors (Lipinski definition) is 2. The third-order valence-corrected chi connectivity index (χ3v) is 3.23. The Morgan fingerprint density at radius 1 is 1.10 bits per heavy atom. The molecule has 2 rings (SSSR count). The summed E-state index contributed by atoms with van der Waals surface area (Å²) in [5, 5.41) is 5.70. The molecule has 0 spiro atoms. The number of hydrogen-bond donors (Lipinski definition) is 2. The van der Waals surface area contributed by atoms with Gasteiger partial charge in [-0.2, -0.15) is 0 Å². The summed E-state index contributed by atoms with van der Waals surface area (Å²) in [5.74, 6) is -2.11. The zero-order valence-electron chi connectivity index (χ0n) is 11.8. The maximum atomic E-state index is 13.2. The fraction of sp³-hybridized carbons (Fsp3) is 0.188. The number of rotatable bonds is 4. The summed E-state index contributed by atoms with van der Waals surface area (Å²) in [6.45, 7) is 1.71. The molecule has 0 aliphatic heterocycles. The molecule has 1 amide bonds. The minimum atomic E-state index is -0.927. The van der Waals surface area contributed by atoms with E-state index in [-0.39, 0.29) is 5.91 Å². The van der Waals surface area contributed by atoms with Gasteiger partial charge in [-0.15, -0.1) is 0 Å². The van der Waals surface area contributed by atoms with Crippen LogP contribution >= 0.6 is 0 Å². The Kier molecular flexibility index (Phi) is 4.52. The monoisotopic (exact) mass is 290 g/mol. The molecule has 0 aliphatic carbocycles. The van der Waals surface area contributed by atoms with Crippen molar-refractivity contribution in [2.75, 3.05) is 12.4 Å². The van der Waals surface area contributed by atoms with Gasteiger partial charge in [-0.1, -0.05) is 18.2 Å². The molecule has 110 valence electrons. The van der Waals surface area contributed by atoms with Gasteiger partial charge in [-0.05, 0) is 36.8 Å². The molecule has 21 heavy (non-hydrogen) atoms. The van der Waals surface area contributed by atoms with Crippen molar-refractivity contribution < 1.29 is 13.6 Å². The van der Waals surface area contributed by atoms with E-state index in [1.807, 2.05) is 6.07 Å². The highest BCUT2D eigenvalue weighted by Crippen LogP contribution is 2.19. The first-order chi connectivity index (χ1) is 10.0. The number of anilines is 1. The van der Waals surface area contributed by atoms with Gasteiger partial charge >= 0.3 is 0 Å². The number of carbonyl (C=O) groups is 1. The molecule has 0 aliphatic rings. The first-order valence-corrected chi connectivity index (χ1v) is 6.55. The van der Waals surface area contributed by atoms with E-state index in [2.05, 4.69) is 10.6 Å². The van der Waals surface area contributed by atoms with Crippen molar-refractivity contribution in [2.45, 2.75) is 13.0 Å². The van der Waals surface area contributed by atoms with Crippen molar-refractivity contribution in [3.8, 4) is 0 Å². The molecule has 0 aromatic heterocycles. The van der Waals surface area contributed by atoms with E-state index in [1.165, 1.54) is 6.07 Å². The second-order valence-electron chi connectivity index (χ2n) is 4.66. The van der Waals surface area contributed by atoms with Gasteiger partial charge in [0.2, 0.25) is 0 Å². The lowest BCUT2D eigenvalue weighted by Crippen LogP contribution is -2.27. The lowest BCUT2D eigenvalue weighted by molar-refractivity contribution is 0.0940. The standard InChI is InChI=1S/C16H16F2N2O/c1-10(11-7-8-13(17)14(18)9-11)20-16(21)12-5-3-4-6-15(12)19-2/h3-10,19H,1-2H3,(H,20,21). The van der Waals surface area contributed by atoms with Crippen molar-refractivity contribution in [2.24, 2.45) is 0 Å². The SMILES string of the molecule is CNc1ccccc1C(=O)NC(C)c1ccc(F)c(F)c1. The largest absolute Gasteiger partial charge is 0.387 e. The van der Waals surface area contributed by atoms with Crippen LogP contribution in [0.5, 0.6) is 0 Å². The second kappa shape index (κ2) is 6.35. The van der Waals surface area contributed by atoms with Crippen LogP contribution in [0.3, 0.4) is 0 Å². The molecule has 0 saturated heterocycles. The first kappa shape index (κ1) is 15.0. The first-order valence-electron chi connectivity index (χ1n) is 6.55. The summed E-state index contributed by atoms with van der Waals surface area (Å²) in [6, 6.07) is 10.2. The van der Waals surface area contributed by atoms with E-state index in [4.69, 9.17) is 0 Å². The molecular weight excluding hydrogens is 274 g/mol. The summed E-state index contributed by atoms with van der Waals surface area (Å²) in [6.07, 6.45) is 0. The molecule has 2 aromatic rings. The smallest absolute Gasteiger partial charge is 0.253 e. The van der Waals surface area contributed by atoms with E-state index >= 15 is 0 Å². The van der Waals surface area contributed by atoms with Crippen LogP contribution in [0, 0.1) is 11.6 Å². The Balaban J connectivity index is 2.16. The summed E-state index contributed by atoms with van der Waals surface area (Å²) in [4.78, 5) is 12.2. The Morgan fingerprint density at radius 2 is 1.81 bits per heavy atom. The summed E-state index contributed by atoms with van der Waals surface area (Å²) >= 11 is 0. The fourth-order valence-corrected chi connectivity index (χ4v) is 2.04. The predicted octanol–water partition coefficient (Wildman–Crippen LogP) is 3.50. The van der Waals surface area contributed by atoms with Crippen molar-refractivity contribution in [1.82, 2.24) is 5.32 Å². The Bertz CT molecular complexity index is 658. The van der Waals surface area contributed by atoms with E-state index in [9.17, 15) is 13.6 Å². The zero-order valence-corrected chi connectivity index (χ0v) is 11.8. The van der Waals surface area contributed by atoms with Crippen molar-refractivity contribution in [1.29, 1.82) is 0 Å². The highest BCUT2D eigenvalue weighted by atomic mass is 19.2. The van der Waals surface area contributed by atoms with Crippen molar-refractivity contribution in [3.63, 3.8) is 0 Å². The van der Waals surface area contributed by atoms with Gasteiger partial charge in [-0.3, -0.25) is 4.79 Å². The average Bonchev–Trinajstić information content (AvgIpc) is 2.49. The van der Waals surface area contributed by atoms with Crippen LogP contribution in [0.1, 0.15) is 28.9 Å². The zero-order chi connectivity index (χ0) is 15.4. The Hall–Kier alpha value is -2.43. The number of amides is 1. The van der Waals surface area contributed by atoms with E-state index in [1.54, 1.807) is 32.2 Å². The average molecular weight is 290 g/mol. The molecule has 2 aromatic carbocycles. The quantitative estimate of drug-likeness (QED) is 0.905. The van der Waals surface area contributed by atoms with Gasteiger partial charge in [0.05, 0.1) is 11.6 Å². The van der Waals surface area contributed by atoms with Crippen LogP contribution in [0.25, 0.3) is 0 Å². The highest BCUT2D eigenvalue weighted by Gasteiger charge is 2.15. The normalized spacial score (nSPS) is 11.8. The maximum absolute atomic E-state index is 13.2. The topological polar surface area (TPSA) is 41.1 Å². The van der Waals surface area contributed by atoms with Crippen molar-refractivity contribution >= 4 is 11.6 Å². The molecule has 0 fully saturated rings. The van der Waals surface area contributed by atoms with Gasteiger partial charge < -0.3 is 10.6 Å². The van der Waals surface area contributed by atoms with E-state index in [0.29, 0.717) is 16.8 Å². The van der Waals surface area contributed by atoms with Crippen LogP contribution in [0.15, 0.2) is 42.5 Å². The van der Waals surface area contributed by atoms with Crippen LogP contribution in [0.4, 0.5) is 14.5 Å². The Labute approximate surface area is 122 Å². The number of nitrogens with one attached hydrogen (secondary N) is 2. The van der Waals surface area contributed by atoms with Gasteiger partial charge in [0.1, 0.15) is 0 Å². The molecule has 1 atom stereocenters. The number of halogens is 2. The highest BCUT2D eigenvalue weighted by molar-refractivity contribution is 5.99. The molecule has 2 N–H and O–H groups in total. The number of benzene rings is 2. The van der Waals surface area contributed by atoms with Crippen LogP contribution in [-0.2, 0) is 0 Å². The summed E-state index contributed by atoms with van der Waals surface area (Å²) < 4.78 is 26.1. The van der Waals surface area contributed by atoms with Crippen LogP contribution in [0.2, 0.25) is 0 Å². The van der Waals surface area contributed by atoms with Gasteiger partial charge in [0, 0.05) is 12.7 Å². The molecule has 0 bridgehead atoms. The van der Waals surface area contributed by atoms with Crippen LogP contribution in [-0.4, -0.2) is 13.0 Å². The summed E-state index contributed by atoms with van der Waals surface area (Å²) in [5.41, 5.74) is 1.70. The maximum Gasteiger partial charge on any atom is 0.253 e. The molecule has 0 radical (unpaired) electrons. The molecule has 3 nitrogen and oxygen atoms in total. The minimum Gasteiger partial charge on any atom is -0.387 e. The van der Waals surface area contributed by atoms with Gasteiger partial charge in [0.25, 0.3) is 5.91 Å². The summed E-state index contributed by atoms with van der Waals surface area (Å²) in [7, 11) is 1.73. The van der Waals surface area contributed by atoms with Gasteiger partial charge in [0.15, 0.2) is 11.6 Å². The van der Waals surface area contributed by atoms with Gasteiger partial charge in [-0.25, -0.2) is 8.78 Å². The molecule has 0 saturated carbocycles. The molecular formula is C16H16F2N2O. The number of carbonyl (C=O) groups excluding carboxylic acids is 1. The molecule has 5 heteroatoms. The Morgan fingerprint density at radius 3 is 2.48 bits per heavy atom. The van der Waals surface area contributed by atoms with Crippen LogP contribution < -0.4 is 10.6 Å². The number of para-hydroxylation sites is 1. The molecule has 1 unspecified atom stereocenters. The van der Waals surface area contributed by atoms with Crippen molar-refractivity contribution in [3.05, 3.63) is 65.2 Å². The lowest BCUT2D eigenvalue weighted by atomic mass is 10.1. The fourth-order valence-electron chi connectivity index (χ4n) is 2.04. The third kappa shape index (κ3) is 3.37. The molecule has 0 heterocycles. The second-order valence-corrected chi connectivity index (χ2v) is 4.66. The predicted molar refractivity (Wildman–Crippen MR) is 78.2 cm³/mol. The third-order valence-electron chi connectivity index (χ3n) is 3.23. The lowest BCUT2D eigenvalue weighted by Gasteiger charge is -2.16. The van der Waals surface area contributed by atoms with E-state index in [0.717, 1.165) is 12.1 Å². The minimum absolute atomic E-state index is 0.280. The van der Waals surface area contributed by atoms with E-state index < -0.39 is 17.7 Å².